The van der Waals surface area contributed by atoms with E-state index in [1.54, 1.807) is 0 Å². The standard InChI is InChI=1S/C10H14O4/c1-14-10(13)5-7-2-8(6-11)4-9(12)3-7/h6-8H,2-5H2,1H3. The van der Waals surface area contributed by atoms with Crippen LogP contribution >= 0.6 is 0 Å². The first kappa shape index (κ1) is 10.9. The van der Waals surface area contributed by atoms with Crippen LogP contribution in [0.2, 0.25) is 0 Å². The highest BCUT2D eigenvalue weighted by molar-refractivity contribution is 5.83. The Labute approximate surface area is 82.6 Å². The van der Waals surface area contributed by atoms with Gasteiger partial charge in [0.2, 0.25) is 0 Å². The van der Waals surface area contributed by atoms with Gasteiger partial charge >= 0.3 is 5.97 Å². The molecule has 2 unspecified atom stereocenters. The summed E-state index contributed by atoms with van der Waals surface area (Å²) in [7, 11) is 1.32. The van der Waals surface area contributed by atoms with Crippen LogP contribution in [0.5, 0.6) is 0 Å². The SMILES string of the molecule is COC(=O)CC1CC(=O)CC(C=O)C1. The topological polar surface area (TPSA) is 60.4 Å². The van der Waals surface area contributed by atoms with E-state index >= 15 is 0 Å². The monoisotopic (exact) mass is 198 g/mol. The third-order valence-electron chi connectivity index (χ3n) is 2.52. The molecule has 14 heavy (non-hydrogen) atoms. The molecule has 0 aromatic heterocycles. The van der Waals surface area contributed by atoms with Crippen molar-refractivity contribution in [3.05, 3.63) is 0 Å². The van der Waals surface area contributed by atoms with Crippen molar-refractivity contribution >= 4 is 18.0 Å². The molecule has 4 nitrogen and oxygen atoms in total. The van der Waals surface area contributed by atoms with E-state index in [1.807, 2.05) is 0 Å². The molecule has 0 aromatic carbocycles. The Morgan fingerprint density at radius 3 is 2.86 bits per heavy atom. The van der Waals surface area contributed by atoms with Gasteiger partial charge in [-0.3, -0.25) is 9.59 Å². The van der Waals surface area contributed by atoms with Gasteiger partial charge in [0.25, 0.3) is 0 Å². The number of Topliss-reactive ketones (excluding diaryl/α,β-unsaturated/α-hetero) is 1. The molecule has 0 N–H and O–H groups in total. The number of hydrogen-bond donors (Lipinski definition) is 0. The van der Waals surface area contributed by atoms with E-state index in [0.717, 1.165) is 6.29 Å². The largest absolute Gasteiger partial charge is 0.469 e. The second kappa shape index (κ2) is 4.88. The van der Waals surface area contributed by atoms with Crippen molar-refractivity contribution in [2.75, 3.05) is 7.11 Å². The van der Waals surface area contributed by atoms with Gasteiger partial charge in [-0.25, -0.2) is 0 Å². The van der Waals surface area contributed by atoms with E-state index in [-0.39, 0.29) is 30.0 Å². The Hall–Kier alpha value is -1.19. The van der Waals surface area contributed by atoms with Gasteiger partial charge in [0.05, 0.1) is 7.11 Å². The summed E-state index contributed by atoms with van der Waals surface area (Å²) < 4.78 is 4.52. The Balaban J connectivity index is 2.48. The highest BCUT2D eigenvalue weighted by Crippen LogP contribution is 2.28. The van der Waals surface area contributed by atoms with Crippen molar-refractivity contribution in [1.29, 1.82) is 0 Å². The zero-order chi connectivity index (χ0) is 10.6. The number of esters is 1. The van der Waals surface area contributed by atoms with Crippen LogP contribution in [0, 0.1) is 11.8 Å². The smallest absolute Gasteiger partial charge is 0.305 e. The lowest BCUT2D eigenvalue weighted by molar-refractivity contribution is -0.142. The molecule has 0 heterocycles. The van der Waals surface area contributed by atoms with Crippen molar-refractivity contribution in [3.8, 4) is 0 Å². The number of ether oxygens (including phenoxy) is 1. The molecule has 0 spiro atoms. The van der Waals surface area contributed by atoms with Crippen molar-refractivity contribution in [1.82, 2.24) is 0 Å². The highest BCUT2D eigenvalue weighted by atomic mass is 16.5. The second-order valence-electron chi connectivity index (χ2n) is 3.73. The molecule has 1 aliphatic carbocycles. The molecular formula is C10H14O4. The minimum Gasteiger partial charge on any atom is -0.469 e. The number of methoxy groups -OCH3 is 1. The molecule has 1 rings (SSSR count). The molecule has 0 bridgehead atoms. The summed E-state index contributed by atoms with van der Waals surface area (Å²) in [4.78, 5) is 32.7. The number of carbonyl (C=O) groups excluding carboxylic acids is 3. The maximum atomic E-state index is 11.2. The Bertz CT molecular complexity index is 247. The molecule has 0 aromatic rings. The number of carbonyl (C=O) groups is 3. The van der Waals surface area contributed by atoms with Crippen LogP contribution in [-0.2, 0) is 19.1 Å². The van der Waals surface area contributed by atoms with Gasteiger partial charge in [0.1, 0.15) is 12.1 Å². The average Bonchev–Trinajstić information content (AvgIpc) is 2.16. The zero-order valence-electron chi connectivity index (χ0n) is 8.19. The molecule has 78 valence electrons. The third kappa shape index (κ3) is 2.94. The minimum absolute atomic E-state index is 0.0149. The predicted molar refractivity (Wildman–Crippen MR) is 48.5 cm³/mol. The van der Waals surface area contributed by atoms with Gasteiger partial charge in [0.15, 0.2) is 0 Å². The van der Waals surface area contributed by atoms with Crippen LogP contribution in [0.15, 0.2) is 0 Å². The molecule has 1 fully saturated rings. The van der Waals surface area contributed by atoms with Crippen LogP contribution in [0.1, 0.15) is 25.7 Å². The van der Waals surface area contributed by atoms with Crippen LogP contribution < -0.4 is 0 Å². The lowest BCUT2D eigenvalue weighted by Crippen LogP contribution is -2.25. The van der Waals surface area contributed by atoms with Gasteiger partial charge < -0.3 is 9.53 Å². The normalized spacial score (nSPS) is 27.1. The highest BCUT2D eigenvalue weighted by Gasteiger charge is 2.28. The van der Waals surface area contributed by atoms with E-state index in [2.05, 4.69) is 4.74 Å². The summed E-state index contributed by atoms with van der Waals surface area (Å²) in [5.74, 6) is -0.457. The van der Waals surface area contributed by atoms with E-state index in [0.29, 0.717) is 19.3 Å². The van der Waals surface area contributed by atoms with Gasteiger partial charge in [0, 0.05) is 25.2 Å². The lowest BCUT2D eigenvalue weighted by atomic mass is 9.80. The van der Waals surface area contributed by atoms with Gasteiger partial charge in [-0.1, -0.05) is 0 Å². The zero-order valence-corrected chi connectivity index (χ0v) is 8.19. The Morgan fingerprint density at radius 1 is 1.57 bits per heavy atom. The quantitative estimate of drug-likeness (QED) is 0.495. The molecule has 4 heteroatoms. The summed E-state index contributed by atoms with van der Waals surface area (Å²) >= 11 is 0. The maximum absolute atomic E-state index is 11.2. The van der Waals surface area contributed by atoms with Crippen LogP contribution in [0.25, 0.3) is 0 Å². The molecule has 2 atom stereocenters. The number of hydrogen-bond acceptors (Lipinski definition) is 4. The third-order valence-corrected chi connectivity index (χ3v) is 2.52. The molecule has 0 radical (unpaired) electrons. The summed E-state index contributed by atoms with van der Waals surface area (Å²) in [6.45, 7) is 0. The lowest BCUT2D eigenvalue weighted by Gasteiger charge is -2.23. The number of aldehydes is 1. The average molecular weight is 198 g/mol. The Kier molecular flexibility index (Phi) is 3.80. The first-order chi connectivity index (χ1) is 6.65. The molecule has 0 saturated heterocycles. The molecular weight excluding hydrogens is 184 g/mol. The minimum atomic E-state index is -0.311. The number of ketones is 1. The van der Waals surface area contributed by atoms with Crippen molar-refractivity contribution in [3.63, 3.8) is 0 Å². The second-order valence-corrected chi connectivity index (χ2v) is 3.73. The van der Waals surface area contributed by atoms with Crippen molar-refractivity contribution in [2.24, 2.45) is 11.8 Å². The van der Waals surface area contributed by atoms with Crippen molar-refractivity contribution < 1.29 is 19.1 Å². The molecule has 1 saturated carbocycles. The van der Waals surface area contributed by atoms with Crippen molar-refractivity contribution in [2.45, 2.75) is 25.7 Å². The van der Waals surface area contributed by atoms with E-state index < -0.39 is 0 Å². The van der Waals surface area contributed by atoms with Crippen LogP contribution in [-0.4, -0.2) is 25.1 Å². The fourth-order valence-electron chi connectivity index (χ4n) is 1.87. The van der Waals surface area contributed by atoms with E-state index in [9.17, 15) is 14.4 Å². The van der Waals surface area contributed by atoms with Crippen LogP contribution in [0.3, 0.4) is 0 Å². The number of rotatable bonds is 3. The first-order valence-electron chi connectivity index (χ1n) is 4.69. The molecule has 1 aliphatic rings. The van der Waals surface area contributed by atoms with Gasteiger partial charge in [-0.05, 0) is 12.3 Å². The Morgan fingerprint density at radius 2 is 2.29 bits per heavy atom. The summed E-state index contributed by atoms with van der Waals surface area (Å²) in [5, 5.41) is 0. The van der Waals surface area contributed by atoms with E-state index in [1.165, 1.54) is 7.11 Å². The molecule has 0 aliphatic heterocycles. The summed E-state index contributed by atoms with van der Waals surface area (Å²) in [6.07, 6.45) is 2.42. The fourth-order valence-corrected chi connectivity index (χ4v) is 1.87. The summed E-state index contributed by atoms with van der Waals surface area (Å²) in [5.41, 5.74) is 0. The fraction of sp³-hybridized carbons (Fsp3) is 0.700. The van der Waals surface area contributed by atoms with Gasteiger partial charge in [-0.2, -0.15) is 0 Å². The van der Waals surface area contributed by atoms with Crippen LogP contribution in [0.4, 0.5) is 0 Å². The summed E-state index contributed by atoms with van der Waals surface area (Å²) in [6, 6.07) is 0. The first-order valence-corrected chi connectivity index (χ1v) is 4.69. The maximum Gasteiger partial charge on any atom is 0.305 e. The van der Waals surface area contributed by atoms with E-state index in [4.69, 9.17) is 0 Å². The van der Waals surface area contributed by atoms with Gasteiger partial charge in [-0.15, -0.1) is 0 Å². The molecule has 0 amide bonds. The predicted octanol–water partition coefficient (Wildman–Crippen LogP) is 0.734.